The highest BCUT2D eigenvalue weighted by molar-refractivity contribution is 7.98. The summed E-state index contributed by atoms with van der Waals surface area (Å²) >= 11 is 1.58. The first-order valence-corrected chi connectivity index (χ1v) is 13.3. The van der Waals surface area contributed by atoms with Crippen molar-refractivity contribution in [3.63, 3.8) is 0 Å². The van der Waals surface area contributed by atoms with Gasteiger partial charge in [-0.05, 0) is 29.8 Å². The molecule has 0 aliphatic carbocycles. The van der Waals surface area contributed by atoms with Crippen LogP contribution in [0.15, 0.2) is 87.5 Å². The first-order chi connectivity index (χ1) is 16.6. The fourth-order valence-corrected chi connectivity index (χ4v) is 6.11. The standard InChI is InChI=1S/C24H24N4O4S2/c29-34(30,27-11-14-31-15-12-27)22-10-4-8-20(16-22)23-25-26-24(28(23)17-21-9-5-13-32-21)33-18-19-6-2-1-3-7-19/h1-10,13,16H,11-12,14-15,17-18H2. The molecule has 1 fully saturated rings. The summed E-state index contributed by atoms with van der Waals surface area (Å²) < 4.78 is 40.7. The molecule has 3 heterocycles. The summed E-state index contributed by atoms with van der Waals surface area (Å²) in [6, 6.07) is 20.8. The molecule has 5 rings (SSSR count). The van der Waals surface area contributed by atoms with E-state index >= 15 is 0 Å². The maximum Gasteiger partial charge on any atom is 0.243 e. The van der Waals surface area contributed by atoms with Crippen LogP contribution in [-0.2, 0) is 27.1 Å². The van der Waals surface area contributed by atoms with Crippen LogP contribution >= 0.6 is 11.8 Å². The number of benzene rings is 2. The molecule has 4 aromatic rings. The van der Waals surface area contributed by atoms with Gasteiger partial charge in [-0.25, -0.2) is 8.42 Å². The van der Waals surface area contributed by atoms with Crippen LogP contribution in [0.3, 0.4) is 0 Å². The van der Waals surface area contributed by atoms with Crippen molar-refractivity contribution < 1.29 is 17.6 Å². The van der Waals surface area contributed by atoms with Crippen LogP contribution in [0.5, 0.6) is 0 Å². The largest absolute Gasteiger partial charge is 0.467 e. The Morgan fingerprint density at radius 1 is 0.941 bits per heavy atom. The SMILES string of the molecule is O=S(=O)(c1cccc(-c2nnc(SCc3ccccc3)n2Cc2ccco2)c1)N1CCOCC1. The molecule has 1 aliphatic rings. The van der Waals surface area contributed by atoms with Gasteiger partial charge in [0.2, 0.25) is 10.0 Å². The number of nitrogens with zero attached hydrogens (tertiary/aromatic N) is 4. The number of hydrogen-bond acceptors (Lipinski definition) is 7. The van der Waals surface area contributed by atoms with Crippen molar-refractivity contribution in [2.24, 2.45) is 0 Å². The maximum atomic E-state index is 13.2. The third kappa shape index (κ3) is 4.95. The summed E-state index contributed by atoms with van der Waals surface area (Å²) in [5.74, 6) is 2.09. The summed E-state index contributed by atoms with van der Waals surface area (Å²) in [6.07, 6.45) is 1.63. The maximum absolute atomic E-state index is 13.2. The second-order valence-corrected chi connectivity index (χ2v) is 10.7. The number of furan rings is 1. The number of ether oxygens (including phenoxy) is 1. The van der Waals surface area contributed by atoms with Crippen LogP contribution in [0.4, 0.5) is 0 Å². The van der Waals surface area contributed by atoms with Gasteiger partial charge < -0.3 is 9.15 Å². The van der Waals surface area contributed by atoms with Crippen LogP contribution in [0, 0.1) is 0 Å². The molecule has 1 saturated heterocycles. The minimum absolute atomic E-state index is 0.234. The Morgan fingerprint density at radius 3 is 2.53 bits per heavy atom. The molecule has 176 valence electrons. The van der Waals surface area contributed by atoms with Crippen molar-refractivity contribution in [3.05, 3.63) is 84.3 Å². The van der Waals surface area contributed by atoms with Gasteiger partial charge in [0.15, 0.2) is 11.0 Å². The van der Waals surface area contributed by atoms with E-state index in [1.807, 2.05) is 41.0 Å². The molecule has 2 aromatic carbocycles. The Morgan fingerprint density at radius 2 is 1.76 bits per heavy atom. The number of sulfonamides is 1. The Balaban J connectivity index is 1.48. The monoisotopic (exact) mass is 496 g/mol. The minimum Gasteiger partial charge on any atom is -0.467 e. The molecule has 0 amide bonds. The zero-order valence-corrected chi connectivity index (χ0v) is 20.0. The number of aromatic nitrogens is 3. The Labute approximate surface area is 202 Å². The lowest BCUT2D eigenvalue weighted by Gasteiger charge is -2.26. The lowest BCUT2D eigenvalue weighted by molar-refractivity contribution is 0.0730. The van der Waals surface area contributed by atoms with E-state index in [-0.39, 0.29) is 4.90 Å². The second kappa shape index (κ2) is 10.1. The normalized spacial score (nSPS) is 14.9. The van der Waals surface area contributed by atoms with Crippen LogP contribution in [0.2, 0.25) is 0 Å². The topological polar surface area (TPSA) is 90.5 Å². The highest BCUT2D eigenvalue weighted by atomic mass is 32.2. The van der Waals surface area contributed by atoms with Gasteiger partial charge in [-0.15, -0.1) is 10.2 Å². The van der Waals surface area contributed by atoms with Gasteiger partial charge in [0.05, 0.1) is 30.9 Å². The van der Waals surface area contributed by atoms with E-state index in [0.29, 0.717) is 44.2 Å². The molecular formula is C24H24N4O4S2. The van der Waals surface area contributed by atoms with Crippen molar-refractivity contribution in [2.75, 3.05) is 26.3 Å². The van der Waals surface area contributed by atoms with Gasteiger partial charge in [0.1, 0.15) is 5.76 Å². The number of thioether (sulfide) groups is 1. The molecule has 0 spiro atoms. The van der Waals surface area contributed by atoms with E-state index < -0.39 is 10.0 Å². The lowest BCUT2D eigenvalue weighted by atomic mass is 10.2. The van der Waals surface area contributed by atoms with Crippen molar-refractivity contribution in [3.8, 4) is 11.4 Å². The third-order valence-corrected chi connectivity index (χ3v) is 8.45. The highest BCUT2D eigenvalue weighted by Gasteiger charge is 2.27. The van der Waals surface area contributed by atoms with E-state index in [0.717, 1.165) is 16.7 Å². The van der Waals surface area contributed by atoms with Gasteiger partial charge in [0, 0.05) is 24.4 Å². The molecule has 34 heavy (non-hydrogen) atoms. The minimum atomic E-state index is -3.62. The van der Waals surface area contributed by atoms with Gasteiger partial charge in [-0.2, -0.15) is 4.31 Å². The zero-order valence-electron chi connectivity index (χ0n) is 18.4. The summed E-state index contributed by atoms with van der Waals surface area (Å²) in [5.41, 5.74) is 1.86. The van der Waals surface area contributed by atoms with E-state index in [4.69, 9.17) is 9.15 Å². The molecule has 2 aromatic heterocycles. The van der Waals surface area contributed by atoms with Crippen LogP contribution in [0.25, 0.3) is 11.4 Å². The van der Waals surface area contributed by atoms with Crippen molar-refractivity contribution in [1.29, 1.82) is 0 Å². The van der Waals surface area contributed by atoms with E-state index in [1.54, 1.807) is 36.2 Å². The molecule has 1 aliphatic heterocycles. The predicted molar refractivity (Wildman–Crippen MR) is 129 cm³/mol. The summed E-state index contributed by atoms with van der Waals surface area (Å²) in [7, 11) is -3.62. The van der Waals surface area contributed by atoms with E-state index in [9.17, 15) is 8.42 Å². The lowest BCUT2D eigenvalue weighted by Crippen LogP contribution is -2.40. The zero-order chi connectivity index (χ0) is 23.4. The van der Waals surface area contributed by atoms with Gasteiger partial charge in [0.25, 0.3) is 0 Å². The average Bonchev–Trinajstić information content (AvgIpc) is 3.54. The van der Waals surface area contributed by atoms with Crippen molar-refractivity contribution in [1.82, 2.24) is 19.1 Å². The first kappa shape index (κ1) is 22.9. The molecule has 8 nitrogen and oxygen atoms in total. The molecular weight excluding hydrogens is 472 g/mol. The quantitative estimate of drug-likeness (QED) is 0.342. The number of hydrogen-bond donors (Lipinski definition) is 0. The summed E-state index contributed by atoms with van der Waals surface area (Å²) in [5, 5.41) is 9.60. The van der Waals surface area contributed by atoms with Crippen LogP contribution in [0.1, 0.15) is 11.3 Å². The van der Waals surface area contributed by atoms with E-state index in [2.05, 4.69) is 22.3 Å². The van der Waals surface area contributed by atoms with E-state index in [1.165, 1.54) is 9.87 Å². The predicted octanol–water partition coefficient (Wildman–Crippen LogP) is 3.90. The average molecular weight is 497 g/mol. The van der Waals surface area contributed by atoms with Gasteiger partial charge >= 0.3 is 0 Å². The summed E-state index contributed by atoms with van der Waals surface area (Å²) in [4.78, 5) is 0.234. The third-order valence-electron chi connectivity index (χ3n) is 5.52. The molecule has 0 N–H and O–H groups in total. The Hall–Kier alpha value is -2.92. The van der Waals surface area contributed by atoms with Crippen LogP contribution in [-0.4, -0.2) is 53.8 Å². The fourth-order valence-electron chi connectivity index (χ4n) is 3.76. The molecule has 0 radical (unpaired) electrons. The van der Waals surface area contributed by atoms with Crippen LogP contribution < -0.4 is 0 Å². The molecule has 0 unspecified atom stereocenters. The first-order valence-electron chi connectivity index (χ1n) is 10.9. The fraction of sp³-hybridized carbons (Fsp3) is 0.250. The van der Waals surface area contributed by atoms with Gasteiger partial charge in [-0.3, -0.25) is 4.57 Å². The molecule has 0 saturated carbocycles. The van der Waals surface area contributed by atoms with Gasteiger partial charge in [-0.1, -0.05) is 54.2 Å². The second-order valence-electron chi connectivity index (χ2n) is 7.79. The Kier molecular flexibility index (Phi) is 6.82. The van der Waals surface area contributed by atoms with Crippen molar-refractivity contribution >= 4 is 21.8 Å². The number of morpholine rings is 1. The van der Waals surface area contributed by atoms with Crippen molar-refractivity contribution in [2.45, 2.75) is 22.3 Å². The number of rotatable bonds is 8. The Bertz CT molecular complexity index is 1330. The summed E-state index contributed by atoms with van der Waals surface area (Å²) in [6.45, 7) is 1.94. The molecule has 0 atom stereocenters. The molecule has 0 bridgehead atoms. The highest BCUT2D eigenvalue weighted by Crippen LogP contribution is 2.29. The molecule has 10 heteroatoms. The smallest absolute Gasteiger partial charge is 0.243 e.